The molecule has 0 aliphatic rings. The number of aromatic nitrogens is 1. The van der Waals surface area contributed by atoms with E-state index < -0.39 is 23.5 Å². The summed E-state index contributed by atoms with van der Waals surface area (Å²) in [5.74, 6) is -0.621. The van der Waals surface area contributed by atoms with E-state index in [1.54, 1.807) is 6.92 Å². The summed E-state index contributed by atoms with van der Waals surface area (Å²) in [6.45, 7) is 1.42. The van der Waals surface area contributed by atoms with E-state index in [9.17, 15) is 22.4 Å². The molecule has 1 aromatic heterocycles. The minimum Gasteiger partial charge on any atom is -0.489 e. The van der Waals surface area contributed by atoms with Crippen LogP contribution in [-0.2, 0) is 12.8 Å². The molecule has 0 atom stereocenters. The Morgan fingerprint density at radius 1 is 1.21 bits per heavy atom. The zero-order chi connectivity index (χ0) is 21.2. The van der Waals surface area contributed by atoms with Crippen LogP contribution in [0, 0.1) is 12.7 Å². The zero-order valence-corrected chi connectivity index (χ0v) is 15.6. The number of halogens is 5. The molecule has 29 heavy (non-hydrogen) atoms. The Bertz CT molecular complexity index is 1030. The first-order chi connectivity index (χ1) is 13.6. The van der Waals surface area contributed by atoms with E-state index in [-0.39, 0.29) is 34.3 Å². The van der Waals surface area contributed by atoms with Crippen LogP contribution in [-0.4, -0.2) is 11.1 Å². The molecule has 0 spiro atoms. The third-order valence-corrected chi connectivity index (χ3v) is 4.27. The van der Waals surface area contributed by atoms with Crippen LogP contribution in [0.4, 0.5) is 23.2 Å². The maximum atomic E-state index is 13.0. The number of ether oxygens (including phenoxy) is 1. The van der Waals surface area contributed by atoms with Gasteiger partial charge in [0.2, 0.25) is 0 Å². The van der Waals surface area contributed by atoms with Crippen LogP contribution in [0.5, 0.6) is 5.75 Å². The van der Waals surface area contributed by atoms with Crippen molar-refractivity contribution in [3.05, 3.63) is 75.9 Å². The monoisotopic (exact) mass is 428 g/mol. The largest absolute Gasteiger partial charge is 0.489 e. The molecule has 0 bridgehead atoms. The van der Waals surface area contributed by atoms with Gasteiger partial charge in [-0.25, -0.2) is 4.39 Å². The molecule has 0 unspecified atom stereocenters. The number of benzene rings is 2. The average molecular weight is 429 g/mol. The topological polar surface area (TPSA) is 64.4 Å². The van der Waals surface area contributed by atoms with Crippen LogP contribution in [0.2, 0.25) is 5.02 Å². The summed E-state index contributed by atoms with van der Waals surface area (Å²) >= 11 is 5.90. The van der Waals surface area contributed by atoms with Crippen LogP contribution in [0.3, 0.4) is 0 Å². The number of anilines is 1. The van der Waals surface area contributed by atoms with E-state index >= 15 is 0 Å². The number of carbonyl (C=O) groups is 1. The van der Waals surface area contributed by atoms with Crippen LogP contribution in [0.1, 0.15) is 27.4 Å². The Kier molecular flexibility index (Phi) is 5.78. The molecule has 10 heteroatoms. The predicted octanol–water partition coefficient (Wildman–Crippen LogP) is 5.63. The molecule has 1 heterocycles. The maximum Gasteiger partial charge on any atom is 0.416 e. The van der Waals surface area contributed by atoms with E-state index in [1.807, 2.05) is 0 Å². The fourth-order valence-electron chi connectivity index (χ4n) is 2.40. The second-order valence-electron chi connectivity index (χ2n) is 5.96. The molecule has 0 fully saturated rings. The molecule has 2 aromatic carbocycles. The third kappa shape index (κ3) is 4.86. The Balaban J connectivity index is 1.79. The number of rotatable bonds is 5. The van der Waals surface area contributed by atoms with E-state index in [4.69, 9.17) is 20.9 Å². The Morgan fingerprint density at radius 3 is 2.55 bits per heavy atom. The highest BCUT2D eigenvalue weighted by Gasteiger charge is 2.31. The number of amides is 1. The van der Waals surface area contributed by atoms with Crippen molar-refractivity contribution in [2.75, 3.05) is 5.32 Å². The van der Waals surface area contributed by atoms with E-state index in [0.717, 1.165) is 18.2 Å². The molecule has 0 aliphatic heterocycles. The molecule has 0 radical (unpaired) electrons. The Hall–Kier alpha value is -3.07. The summed E-state index contributed by atoms with van der Waals surface area (Å²) in [6.07, 6.45) is -4.59. The number of nitrogens with zero attached hydrogens (tertiary/aromatic N) is 1. The molecular weight excluding hydrogens is 416 g/mol. The molecule has 5 nitrogen and oxygen atoms in total. The molecule has 3 rings (SSSR count). The molecule has 0 aliphatic carbocycles. The van der Waals surface area contributed by atoms with Gasteiger partial charge in [-0.1, -0.05) is 16.8 Å². The van der Waals surface area contributed by atoms with Crippen molar-refractivity contribution in [2.45, 2.75) is 19.7 Å². The lowest BCUT2D eigenvalue weighted by molar-refractivity contribution is -0.137. The second kappa shape index (κ2) is 8.12. The summed E-state index contributed by atoms with van der Waals surface area (Å²) in [5, 5.41) is 5.87. The van der Waals surface area contributed by atoms with Crippen molar-refractivity contribution < 1.29 is 31.6 Å². The van der Waals surface area contributed by atoms with Crippen molar-refractivity contribution in [3.8, 4) is 5.75 Å². The quantitative estimate of drug-likeness (QED) is 0.535. The predicted molar refractivity (Wildman–Crippen MR) is 96.4 cm³/mol. The van der Waals surface area contributed by atoms with Gasteiger partial charge in [-0.2, -0.15) is 13.2 Å². The van der Waals surface area contributed by atoms with Gasteiger partial charge in [-0.3, -0.25) is 4.79 Å². The number of nitrogens with one attached hydrogen (secondary N) is 1. The molecule has 1 amide bonds. The van der Waals surface area contributed by atoms with Crippen molar-refractivity contribution in [2.24, 2.45) is 0 Å². The van der Waals surface area contributed by atoms with Gasteiger partial charge in [0.15, 0.2) is 5.69 Å². The highest BCUT2D eigenvalue weighted by Crippen LogP contribution is 2.34. The van der Waals surface area contributed by atoms with Gasteiger partial charge in [0, 0.05) is 0 Å². The number of hydrogen-bond acceptors (Lipinski definition) is 4. The fraction of sp³-hybridized carbons (Fsp3) is 0.158. The average Bonchev–Trinajstić information content (AvgIpc) is 3.03. The summed E-state index contributed by atoms with van der Waals surface area (Å²) in [7, 11) is 0. The van der Waals surface area contributed by atoms with E-state index in [2.05, 4.69) is 10.5 Å². The molecular formula is C19H13ClF4N2O3. The van der Waals surface area contributed by atoms with Crippen LogP contribution >= 0.6 is 11.6 Å². The summed E-state index contributed by atoms with van der Waals surface area (Å²) in [4.78, 5) is 12.5. The van der Waals surface area contributed by atoms with Gasteiger partial charge in [-0.15, -0.1) is 0 Å². The minimum atomic E-state index is -4.59. The van der Waals surface area contributed by atoms with Crippen molar-refractivity contribution in [1.82, 2.24) is 5.16 Å². The van der Waals surface area contributed by atoms with Gasteiger partial charge in [0.05, 0.1) is 21.8 Å². The standard InChI is InChI=1S/C19H13ClF4N2O3/c1-10-14(9-28-13-5-3-12(21)4-6-13)17(26-29-10)18(27)25-16-8-11(19(22,23)24)2-7-15(16)20/h2-8H,9H2,1H3,(H,25,27). The van der Waals surface area contributed by atoms with Crippen molar-refractivity contribution in [1.29, 1.82) is 0 Å². The maximum absolute atomic E-state index is 13.0. The van der Waals surface area contributed by atoms with Gasteiger partial charge >= 0.3 is 6.18 Å². The van der Waals surface area contributed by atoms with Gasteiger partial charge < -0.3 is 14.6 Å². The van der Waals surface area contributed by atoms with Crippen LogP contribution in [0.15, 0.2) is 47.0 Å². The number of alkyl halides is 3. The third-order valence-electron chi connectivity index (χ3n) is 3.94. The van der Waals surface area contributed by atoms with Crippen molar-refractivity contribution in [3.63, 3.8) is 0 Å². The lowest BCUT2D eigenvalue weighted by Gasteiger charge is -2.11. The SMILES string of the molecule is Cc1onc(C(=O)Nc2cc(C(F)(F)F)ccc2Cl)c1COc1ccc(F)cc1. The number of carbonyl (C=O) groups excluding carboxylic acids is 1. The lowest BCUT2D eigenvalue weighted by Crippen LogP contribution is -2.16. The molecule has 0 saturated carbocycles. The number of hydrogen-bond donors (Lipinski definition) is 1. The Labute approximate surface area is 167 Å². The van der Waals surface area contributed by atoms with E-state index in [1.165, 1.54) is 24.3 Å². The van der Waals surface area contributed by atoms with Gasteiger partial charge in [0.1, 0.15) is 23.9 Å². The molecule has 3 aromatic rings. The van der Waals surface area contributed by atoms with E-state index in [0.29, 0.717) is 5.75 Å². The summed E-state index contributed by atoms with van der Waals surface area (Å²) < 4.78 is 62.1. The van der Waals surface area contributed by atoms with Crippen LogP contribution < -0.4 is 10.1 Å². The first-order valence-electron chi connectivity index (χ1n) is 8.17. The first kappa shape index (κ1) is 20.7. The normalized spacial score (nSPS) is 11.4. The highest BCUT2D eigenvalue weighted by atomic mass is 35.5. The number of aryl methyl sites for hydroxylation is 1. The zero-order valence-electron chi connectivity index (χ0n) is 14.8. The van der Waals surface area contributed by atoms with Crippen LogP contribution in [0.25, 0.3) is 0 Å². The summed E-state index contributed by atoms with van der Waals surface area (Å²) in [5.41, 5.74) is -1.07. The van der Waals surface area contributed by atoms with Gasteiger partial charge in [0.25, 0.3) is 5.91 Å². The smallest absolute Gasteiger partial charge is 0.416 e. The molecule has 0 saturated heterocycles. The molecule has 152 valence electrons. The molecule has 1 N–H and O–H groups in total. The van der Waals surface area contributed by atoms with Crippen molar-refractivity contribution >= 4 is 23.2 Å². The fourth-order valence-corrected chi connectivity index (χ4v) is 2.57. The lowest BCUT2D eigenvalue weighted by atomic mass is 10.1. The first-order valence-corrected chi connectivity index (χ1v) is 8.54. The van der Waals surface area contributed by atoms with Gasteiger partial charge in [-0.05, 0) is 49.4 Å². The second-order valence-corrected chi connectivity index (χ2v) is 6.36. The summed E-state index contributed by atoms with van der Waals surface area (Å²) in [6, 6.07) is 7.79. The minimum absolute atomic E-state index is 0.0734. The highest BCUT2D eigenvalue weighted by molar-refractivity contribution is 6.34. The Morgan fingerprint density at radius 2 is 1.90 bits per heavy atom.